The number of aromatic amines is 1. The van der Waals surface area contributed by atoms with Crippen LogP contribution in [-0.4, -0.2) is 36.9 Å². The monoisotopic (exact) mass is 414 g/mol. The van der Waals surface area contributed by atoms with Crippen molar-refractivity contribution in [2.24, 2.45) is 0 Å². The molecule has 0 radical (unpaired) electrons. The van der Waals surface area contributed by atoms with Gasteiger partial charge in [-0.05, 0) is 62.1 Å². The molecule has 1 fully saturated rings. The zero-order valence-electron chi connectivity index (χ0n) is 16.9. The largest absolute Gasteiger partial charge is 0.437 e. The summed E-state index contributed by atoms with van der Waals surface area (Å²) in [6.07, 6.45) is 6.30. The molecule has 4 aromatic rings. The van der Waals surface area contributed by atoms with E-state index in [2.05, 4.69) is 19.9 Å². The van der Waals surface area contributed by atoms with Crippen molar-refractivity contribution in [2.45, 2.75) is 37.7 Å². The van der Waals surface area contributed by atoms with Gasteiger partial charge in [-0.15, -0.1) is 0 Å². The number of hydrogen-bond acceptors (Lipinski definition) is 6. The zero-order valence-corrected chi connectivity index (χ0v) is 16.9. The summed E-state index contributed by atoms with van der Waals surface area (Å²) >= 11 is 0. The predicted molar refractivity (Wildman–Crippen MR) is 115 cm³/mol. The van der Waals surface area contributed by atoms with Gasteiger partial charge >= 0.3 is 0 Å². The first-order valence-corrected chi connectivity index (χ1v) is 10.4. The molecule has 0 spiro atoms. The number of aromatic nitrogens is 4. The lowest BCUT2D eigenvalue weighted by Crippen LogP contribution is -2.18. The molecule has 2 aromatic carbocycles. The van der Waals surface area contributed by atoms with E-state index in [0.717, 1.165) is 42.4 Å². The lowest BCUT2D eigenvalue weighted by molar-refractivity contribution is 0.103. The maximum absolute atomic E-state index is 12.8. The first-order valence-electron chi connectivity index (χ1n) is 10.4. The number of hydrogen-bond donors (Lipinski definition) is 2. The number of H-pyrrole nitrogens is 1. The molecule has 2 N–H and O–H groups in total. The first kappa shape index (κ1) is 19.4. The Hall–Kier alpha value is -3.58. The van der Waals surface area contributed by atoms with Crippen molar-refractivity contribution in [1.82, 2.24) is 19.9 Å². The number of aliphatic hydroxyl groups excluding tert-OH is 1. The molecule has 7 nitrogen and oxygen atoms in total. The molecule has 5 rings (SSSR count). The summed E-state index contributed by atoms with van der Waals surface area (Å²) in [7, 11) is 0. The van der Waals surface area contributed by atoms with Crippen molar-refractivity contribution >= 4 is 16.8 Å². The summed E-state index contributed by atoms with van der Waals surface area (Å²) in [5.74, 6) is 1.41. The van der Waals surface area contributed by atoms with E-state index in [1.54, 1.807) is 36.7 Å². The third-order valence-corrected chi connectivity index (χ3v) is 5.71. The molecule has 0 aliphatic heterocycles. The highest BCUT2D eigenvalue weighted by Gasteiger charge is 2.25. The molecule has 0 atom stereocenters. The molecule has 7 heteroatoms. The van der Waals surface area contributed by atoms with Crippen LogP contribution < -0.4 is 4.74 Å². The average molecular weight is 414 g/mol. The summed E-state index contributed by atoms with van der Waals surface area (Å²) in [5.41, 5.74) is 2.93. The number of ketones is 1. The molecule has 1 saturated carbocycles. The van der Waals surface area contributed by atoms with Crippen molar-refractivity contribution in [3.63, 3.8) is 0 Å². The van der Waals surface area contributed by atoms with Crippen LogP contribution in [0.3, 0.4) is 0 Å². The smallest absolute Gasteiger partial charge is 0.241 e. The topological polar surface area (TPSA) is 101 Å². The van der Waals surface area contributed by atoms with Crippen LogP contribution in [0.4, 0.5) is 0 Å². The highest BCUT2D eigenvalue weighted by atomic mass is 16.5. The van der Waals surface area contributed by atoms with Crippen molar-refractivity contribution < 1.29 is 14.6 Å². The van der Waals surface area contributed by atoms with Crippen LogP contribution in [0.25, 0.3) is 11.0 Å². The number of carbonyl (C=O) groups is 1. The van der Waals surface area contributed by atoms with Crippen LogP contribution >= 0.6 is 0 Å². The molecule has 1 aliphatic carbocycles. The Kier molecular flexibility index (Phi) is 5.18. The van der Waals surface area contributed by atoms with Crippen LogP contribution in [0.2, 0.25) is 0 Å². The van der Waals surface area contributed by atoms with Gasteiger partial charge < -0.3 is 14.8 Å². The predicted octanol–water partition coefficient (Wildman–Crippen LogP) is 4.39. The Morgan fingerprint density at radius 2 is 1.71 bits per heavy atom. The van der Waals surface area contributed by atoms with Gasteiger partial charge in [0.1, 0.15) is 11.4 Å². The van der Waals surface area contributed by atoms with E-state index < -0.39 is 0 Å². The Morgan fingerprint density at radius 3 is 2.48 bits per heavy atom. The standard InChI is InChI=1S/C24H22N4O3/c29-17-9-5-15(6-10-17)21-24(26-14-13-25-21)31-18-11-7-16(8-12-18)22(30)23-27-19-3-1-2-4-20(19)28-23/h1-4,7-8,11-15,17,29H,5-6,9-10H2,(H,27,28). The number of carbonyl (C=O) groups excluding carboxylic acids is 1. The molecule has 31 heavy (non-hydrogen) atoms. The van der Waals surface area contributed by atoms with E-state index in [1.165, 1.54) is 0 Å². The SMILES string of the molecule is O=C(c1ccc(Oc2nccnc2C2CCC(O)CC2)cc1)c1nc2ccccc2[nH]1. The molecule has 0 saturated heterocycles. The highest BCUT2D eigenvalue weighted by molar-refractivity contribution is 6.08. The average Bonchev–Trinajstić information content (AvgIpc) is 3.25. The fourth-order valence-corrected chi connectivity index (χ4v) is 4.03. The highest BCUT2D eigenvalue weighted by Crippen LogP contribution is 2.36. The van der Waals surface area contributed by atoms with Crippen molar-refractivity contribution in [2.75, 3.05) is 0 Å². The van der Waals surface area contributed by atoms with Gasteiger partial charge in [0.05, 0.1) is 17.1 Å². The molecule has 0 bridgehead atoms. The third kappa shape index (κ3) is 4.04. The van der Waals surface area contributed by atoms with Crippen LogP contribution in [0, 0.1) is 0 Å². The van der Waals surface area contributed by atoms with Gasteiger partial charge in [-0.1, -0.05) is 12.1 Å². The summed E-state index contributed by atoms with van der Waals surface area (Å²) < 4.78 is 6.01. The van der Waals surface area contributed by atoms with Gasteiger partial charge in [0.25, 0.3) is 0 Å². The van der Waals surface area contributed by atoms with E-state index in [0.29, 0.717) is 23.0 Å². The van der Waals surface area contributed by atoms with E-state index in [-0.39, 0.29) is 17.8 Å². The van der Waals surface area contributed by atoms with E-state index in [9.17, 15) is 9.90 Å². The number of rotatable bonds is 5. The molecule has 1 aliphatic rings. The molecule has 2 heterocycles. The fourth-order valence-electron chi connectivity index (χ4n) is 4.03. The normalized spacial score (nSPS) is 18.7. The first-order chi connectivity index (χ1) is 15.2. The lowest BCUT2D eigenvalue weighted by atomic mass is 9.85. The van der Waals surface area contributed by atoms with Gasteiger partial charge in [0.15, 0.2) is 5.82 Å². The van der Waals surface area contributed by atoms with Gasteiger partial charge in [-0.25, -0.2) is 9.97 Å². The van der Waals surface area contributed by atoms with Crippen LogP contribution in [0.15, 0.2) is 60.9 Å². The minimum Gasteiger partial charge on any atom is -0.437 e. The minimum absolute atomic E-state index is 0.177. The van der Waals surface area contributed by atoms with Gasteiger partial charge in [-0.3, -0.25) is 9.78 Å². The number of benzene rings is 2. The van der Waals surface area contributed by atoms with Gasteiger partial charge in [-0.2, -0.15) is 0 Å². The Labute approximate surface area is 179 Å². The van der Waals surface area contributed by atoms with Crippen LogP contribution in [-0.2, 0) is 0 Å². The summed E-state index contributed by atoms with van der Waals surface area (Å²) in [4.78, 5) is 29.1. The van der Waals surface area contributed by atoms with E-state index in [1.807, 2.05) is 24.3 Å². The molecular weight excluding hydrogens is 392 g/mol. The Bertz CT molecular complexity index is 1180. The molecule has 156 valence electrons. The number of aliphatic hydroxyl groups is 1. The van der Waals surface area contributed by atoms with Crippen molar-refractivity contribution in [3.8, 4) is 11.6 Å². The molecule has 2 aromatic heterocycles. The molecular formula is C24H22N4O3. The van der Waals surface area contributed by atoms with E-state index >= 15 is 0 Å². The quantitative estimate of drug-likeness (QED) is 0.470. The number of nitrogens with zero attached hydrogens (tertiary/aromatic N) is 3. The lowest BCUT2D eigenvalue weighted by Gasteiger charge is -2.25. The fraction of sp³-hybridized carbons (Fsp3) is 0.250. The zero-order chi connectivity index (χ0) is 21.2. The van der Waals surface area contributed by atoms with Gasteiger partial charge in [0, 0.05) is 23.9 Å². The van der Waals surface area contributed by atoms with Crippen LogP contribution in [0.5, 0.6) is 11.6 Å². The number of para-hydroxylation sites is 2. The Balaban J connectivity index is 1.33. The maximum Gasteiger partial charge on any atom is 0.241 e. The minimum atomic E-state index is -0.228. The number of nitrogens with one attached hydrogen (secondary N) is 1. The van der Waals surface area contributed by atoms with E-state index in [4.69, 9.17) is 4.74 Å². The second-order valence-electron chi connectivity index (χ2n) is 7.81. The number of imidazole rings is 1. The number of fused-ring (bicyclic) bond motifs is 1. The van der Waals surface area contributed by atoms with Crippen molar-refractivity contribution in [3.05, 3.63) is 78.0 Å². The van der Waals surface area contributed by atoms with Crippen molar-refractivity contribution in [1.29, 1.82) is 0 Å². The number of ether oxygens (including phenoxy) is 1. The third-order valence-electron chi connectivity index (χ3n) is 5.71. The Morgan fingerprint density at radius 1 is 0.968 bits per heavy atom. The second-order valence-corrected chi connectivity index (χ2v) is 7.81. The molecule has 0 unspecified atom stereocenters. The summed E-state index contributed by atoms with van der Waals surface area (Å²) in [6.45, 7) is 0. The summed E-state index contributed by atoms with van der Waals surface area (Å²) in [5, 5.41) is 9.77. The molecule has 0 amide bonds. The maximum atomic E-state index is 12.8. The van der Waals surface area contributed by atoms with Gasteiger partial charge in [0.2, 0.25) is 11.7 Å². The van der Waals surface area contributed by atoms with Crippen LogP contribution in [0.1, 0.15) is 53.5 Å². The summed E-state index contributed by atoms with van der Waals surface area (Å²) in [6, 6.07) is 14.5. The second kappa shape index (κ2) is 8.28.